The van der Waals surface area contributed by atoms with E-state index < -0.39 is 47.7 Å². The van der Waals surface area contributed by atoms with Gasteiger partial charge in [0.05, 0.1) is 0 Å². The summed E-state index contributed by atoms with van der Waals surface area (Å²) in [5, 5.41) is 1.16. The van der Waals surface area contributed by atoms with Crippen LogP contribution in [0, 0.1) is 0 Å². The average Bonchev–Trinajstić information content (AvgIpc) is 2.97. The molecule has 1 aliphatic carbocycles. The molecule has 0 aromatic carbocycles. The fraction of sp³-hybridized carbons (Fsp3) is 0.917. The SMILES string of the molecule is O=C(NC1CCCC1)C(F)(F)C(F)(F)C(F)(F)C(F)(F)C(F)(F)C(F)(F)F. The largest absolute Gasteiger partial charge is 0.460 e. The molecule has 0 spiro atoms. The van der Waals surface area contributed by atoms with E-state index in [2.05, 4.69) is 0 Å². The zero-order valence-corrected chi connectivity index (χ0v) is 12.7. The summed E-state index contributed by atoms with van der Waals surface area (Å²) in [4.78, 5) is 11.2. The van der Waals surface area contributed by atoms with Crippen molar-refractivity contribution in [2.45, 2.75) is 67.5 Å². The van der Waals surface area contributed by atoms with Gasteiger partial charge in [-0.2, -0.15) is 57.1 Å². The second-order valence-electron chi connectivity index (χ2n) is 5.82. The molecule has 1 rings (SSSR count). The van der Waals surface area contributed by atoms with E-state index in [-0.39, 0.29) is 12.8 Å². The van der Waals surface area contributed by atoms with Crippen LogP contribution in [0.15, 0.2) is 0 Å². The third-order valence-corrected chi connectivity index (χ3v) is 3.91. The monoisotopic (exact) mass is 431 g/mol. The zero-order chi connectivity index (χ0) is 21.7. The van der Waals surface area contributed by atoms with Crippen LogP contribution in [0.25, 0.3) is 0 Å². The van der Waals surface area contributed by atoms with Crippen molar-refractivity contribution in [3.05, 3.63) is 0 Å². The van der Waals surface area contributed by atoms with E-state index in [1.54, 1.807) is 0 Å². The molecule has 15 heteroatoms. The van der Waals surface area contributed by atoms with Crippen LogP contribution in [0.5, 0.6) is 0 Å². The summed E-state index contributed by atoms with van der Waals surface area (Å²) in [6.45, 7) is 0. The summed E-state index contributed by atoms with van der Waals surface area (Å²) < 4.78 is 167. The van der Waals surface area contributed by atoms with Crippen molar-refractivity contribution in [2.24, 2.45) is 0 Å². The summed E-state index contributed by atoms with van der Waals surface area (Å²) in [5.74, 6) is -41.3. The highest BCUT2D eigenvalue weighted by atomic mass is 19.4. The van der Waals surface area contributed by atoms with Crippen molar-refractivity contribution in [1.82, 2.24) is 5.32 Å². The first-order chi connectivity index (χ1) is 11.7. The van der Waals surface area contributed by atoms with E-state index in [0.717, 1.165) is 5.32 Å². The van der Waals surface area contributed by atoms with Crippen LogP contribution in [0.4, 0.5) is 57.1 Å². The minimum atomic E-state index is -8.00. The van der Waals surface area contributed by atoms with Gasteiger partial charge < -0.3 is 5.32 Å². The van der Waals surface area contributed by atoms with Crippen molar-refractivity contribution < 1.29 is 61.9 Å². The summed E-state index contributed by atoms with van der Waals surface area (Å²) in [6, 6.07) is -1.20. The Kier molecular flexibility index (Phi) is 5.74. The quantitative estimate of drug-likeness (QED) is 0.603. The van der Waals surface area contributed by atoms with Crippen LogP contribution in [0.1, 0.15) is 25.7 Å². The molecule has 0 aromatic rings. The van der Waals surface area contributed by atoms with Crippen LogP contribution in [-0.2, 0) is 4.79 Å². The van der Waals surface area contributed by atoms with Gasteiger partial charge in [-0.25, -0.2) is 0 Å². The molecule has 1 N–H and O–H groups in total. The molecular formula is C12H10F13NO. The topological polar surface area (TPSA) is 29.1 Å². The van der Waals surface area contributed by atoms with Crippen LogP contribution < -0.4 is 5.32 Å². The molecule has 0 radical (unpaired) electrons. The van der Waals surface area contributed by atoms with Gasteiger partial charge in [0.25, 0.3) is 5.91 Å². The van der Waals surface area contributed by atoms with E-state index in [1.165, 1.54) is 0 Å². The Balaban J connectivity index is 3.29. The predicted octanol–water partition coefficient (Wildman–Crippen LogP) is 4.78. The fourth-order valence-electron chi connectivity index (χ4n) is 2.26. The Morgan fingerprint density at radius 2 is 1.00 bits per heavy atom. The molecule has 2 nitrogen and oxygen atoms in total. The van der Waals surface area contributed by atoms with E-state index in [1.807, 2.05) is 0 Å². The van der Waals surface area contributed by atoms with Gasteiger partial charge >= 0.3 is 35.8 Å². The first kappa shape index (κ1) is 23.6. The minimum Gasteiger partial charge on any atom is -0.348 e. The van der Waals surface area contributed by atoms with Crippen molar-refractivity contribution in [3.8, 4) is 0 Å². The molecule has 0 atom stereocenters. The van der Waals surface area contributed by atoms with Gasteiger partial charge in [-0.1, -0.05) is 12.8 Å². The first-order valence-electron chi connectivity index (χ1n) is 7.02. The molecule has 0 aromatic heterocycles. The number of amides is 1. The second-order valence-corrected chi connectivity index (χ2v) is 5.82. The van der Waals surface area contributed by atoms with Crippen LogP contribution >= 0.6 is 0 Å². The lowest BCUT2D eigenvalue weighted by molar-refractivity contribution is -0.436. The number of hydrogen-bond acceptors (Lipinski definition) is 1. The van der Waals surface area contributed by atoms with Gasteiger partial charge in [-0.3, -0.25) is 4.79 Å². The number of carbonyl (C=O) groups is 1. The molecule has 1 saturated carbocycles. The first-order valence-corrected chi connectivity index (χ1v) is 7.02. The highest BCUT2D eigenvalue weighted by Gasteiger charge is 2.91. The fourth-order valence-corrected chi connectivity index (χ4v) is 2.26. The van der Waals surface area contributed by atoms with Crippen LogP contribution in [0.2, 0.25) is 0 Å². The van der Waals surface area contributed by atoms with Gasteiger partial charge in [-0.15, -0.1) is 0 Å². The standard InChI is InChI=1S/C12H10F13NO/c13-7(14,6(27)26-5-3-1-2-4-5)8(15,16)9(17,18)10(19,20)11(21,22)12(23,24)25/h5H,1-4H2,(H,26,27). The number of halogens is 13. The average molecular weight is 431 g/mol. The Hall–Kier alpha value is -1.44. The smallest absolute Gasteiger partial charge is 0.348 e. The van der Waals surface area contributed by atoms with Crippen molar-refractivity contribution in [2.75, 3.05) is 0 Å². The maximum absolute atomic E-state index is 13.5. The summed E-state index contributed by atoms with van der Waals surface area (Å²) in [5.41, 5.74) is 0. The highest BCUT2D eigenvalue weighted by molar-refractivity contribution is 5.85. The maximum Gasteiger partial charge on any atom is 0.460 e. The lowest BCUT2D eigenvalue weighted by Gasteiger charge is -2.39. The molecular weight excluding hydrogens is 421 g/mol. The minimum absolute atomic E-state index is 0.0495. The second kappa shape index (κ2) is 6.57. The molecule has 0 bridgehead atoms. The molecule has 160 valence electrons. The third kappa shape index (κ3) is 3.41. The third-order valence-electron chi connectivity index (χ3n) is 3.91. The molecule has 0 saturated heterocycles. The van der Waals surface area contributed by atoms with Gasteiger partial charge in [-0.05, 0) is 12.8 Å². The molecule has 0 unspecified atom stereocenters. The summed E-state index contributed by atoms with van der Waals surface area (Å²) in [7, 11) is 0. The van der Waals surface area contributed by atoms with Gasteiger partial charge in [0, 0.05) is 6.04 Å². The van der Waals surface area contributed by atoms with E-state index in [0.29, 0.717) is 12.8 Å². The van der Waals surface area contributed by atoms with Crippen LogP contribution in [0.3, 0.4) is 0 Å². The zero-order valence-electron chi connectivity index (χ0n) is 12.7. The Bertz CT molecular complexity index is 562. The van der Waals surface area contributed by atoms with Crippen molar-refractivity contribution >= 4 is 5.91 Å². The Labute approximate surface area is 142 Å². The van der Waals surface area contributed by atoms with Gasteiger partial charge in [0.15, 0.2) is 0 Å². The number of carbonyl (C=O) groups excluding carboxylic acids is 1. The summed E-state index contributed by atoms with van der Waals surface area (Å²) in [6.07, 6.45) is -6.94. The lowest BCUT2D eigenvalue weighted by Crippen LogP contribution is -2.72. The Morgan fingerprint density at radius 3 is 1.37 bits per heavy atom. The Morgan fingerprint density at radius 1 is 0.630 bits per heavy atom. The van der Waals surface area contributed by atoms with E-state index in [4.69, 9.17) is 0 Å². The molecule has 0 heterocycles. The molecule has 1 fully saturated rings. The van der Waals surface area contributed by atoms with E-state index >= 15 is 0 Å². The number of rotatable bonds is 6. The number of alkyl halides is 13. The van der Waals surface area contributed by atoms with Crippen LogP contribution in [-0.4, -0.2) is 47.7 Å². The van der Waals surface area contributed by atoms with Crippen molar-refractivity contribution in [1.29, 1.82) is 0 Å². The normalized spacial score (nSPS) is 18.7. The number of nitrogens with one attached hydrogen (secondary N) is 1. The molecule has 1 amide bonds. The maximum atomic E-state index is 13.5. The number of hydrogen-bond donors (Lipinski definition) is 1. The van der Waals surface area contributed by atoms with E-state index in [9.17, 15) is 61.9 Å². The van der Waals surface area contributed by atoms with Gasteiger partial charge in [0.2, 0.25) is 0 Å². The molecule has 1 aliphatic rings. The predicted molar refractivity (Wildman–Crippen MR) is 61.2 cm³/mol. The lowest BCUT2D eigenvalue weighted by atomic mass is 9.93. The molecule has 0 aliphatic heterocycles. The highest BCUT2D eigenvalue weighted by Crippen LogP contribution is 2.60. The van der Waals surface area contributed by atoms with Crippen molar-refractivity contribution in [3.63, 3.8) is 0 Å². The molecule has 27 heavy (non-hydrogen) atoms. The summed E-state index contributed by atoms with van der Waals surface area (Å²) >= 11 is 0. The van der Waals surface area contributed by atoms with Gasteiger partial charge in [0.1, 0.15) is 0 Å².